The SMILES string of the molecule is CC(C)(C)OC(=O)NCC1CCCNC1.COC=O. The van der Waals surface area contributed by atoms with Gasteiger partial charge in [0.2, 0.25) is 0 Å². The summed E-state index contributed by atoms with van der Waals surface area (Å²) < 4.78 is 9.02. The average Bonchev–Trinajstić information content (AvgIpc) is 2.36. The lowest BCUT2D eigenvalue weighted by molar-refractivity contribution is -0.126. The number of ether oxygens (including phenoxy) is 2. The summed E-state index contributed by atoms with van der Waals surface area (Å²) in [5.41, 5.74) is -0.408. The molecule has 1 rings (SSSR count). The van der Waals surface area contributed by atoms with E-state index in [4.69, 9.17) is 9.53 Å². The number of methoxy groups -OCH3 is 1. The van der Waals surface area contributed by atoms with Crippen LogP contribution < -0.4 is 10.6 Å². The van der Waals surface area contributed by atoms with Gasteiger partial charge in [-0.15, -0.1) is 0 Å². The first-order chi connectivity index (χ1) is 8.89. The lowest BCUT2D eigenvalue weighted by Crippen LogP contribution is -2.40. The highest BCUT2D eigenvalue weighted by atomic mass is 16.6. The molecular weight excluding hydrogens is 248 g/mol. The molecule has 6 nitrogen and oxygen atoms in total. The van der Waals surface area contributed by atoms with Crippen LogP contribution in [0, 0.1) is 5.92 Å². The van der Waals surface area contributed by atoms with Crippen molar-refractivity contribution < 1.29 is 19.1 Å². The minimum absolute atomic E-state index is 0.312. The normalized spacial score (nSPS) is 18.6. The summed E-state index contributed by atoms with van der Waals surface area (Å²) in [4.78, 5) is 20.3. The van der Waals surface area contributed by atoms with Crippen molar-refractivity contribution in [3.8, 4) is 0 Å². The van der Waals surface area contributed by atoms with Gasteiger partial charge in [0.1, 0.15) is 5.60 Å². The van der Waals surface area contributed by atoms with Gasteiger partial charge in [0, 0.05) is 6.54 Å². The number of amides is 1. The number of nitrogens with one attached hydrogen (secondary N) is 2. The molecular formula is C13H26N2O4. The molecule has 112 valence electrons. The molecule has 1 atom stereocenters. The van der Waals surface area contributed by atoms with Crippen LogP contribution in [-0.4, -0.2) is 44.9 Å². The molecule has 0 aromatic carbocycles. The maximum absolute atomic E-state index is 11.3. The number of hydrogen-bond donors (Lipinski definition) is 2. The summed E-state index contributed by atoms with van der Waals surface area (Å²) in [5, 5.41) is 6.12. The van der Waals surface area contributed by atoms with Gasteiger partial charge in [0.25, 0.3) is 6.47 Å². The zero-order valence-corrected chi connectivity index (χ0v) is 12.3. The number of piperidine rings is 1. The quantitative estimate of drug-likeness (QED) is 0.759. The second-order valence-corrected chi connectivity index (χ2v) is 5.43. The first-order valence-corrected chi connectivity index (χ1v) is 6.53. The largest absolute Gasteiger partial charge is 0.471 e. The number of carbonyl (C=O) groups excluding carboxylic acids is 2. The third kappa shape index (κ3) is 11.5. The van der Waals surface area contributed by atoms with Crippen molar-refractivity contribution in [3.63, 3.8) is 0 Å². The van der Waals surface area contributed by atoms with E-state index in [2.05, 4.69) is 15.4 Å². The van der Waals surface area contributed by atoms with Crippen LogP contribution in [0.15, 0.2) is 0 Å². The van der Waals surface area contributed by atoms with Gasteiger partial charge in [-0.1, -0.05) is 0 Å². The van der Waals surface area contributed by atoms with Gasteiger partial charge in [-0.3, -0.25) is 4.79 Å². The van der Waals surface area contributed by atoms with Crippen molar-refractivity contribution >= 4 is 12.6 Å². The Morgan fingerprint density at radius 2 is 2.11 bits per heavy atom. The molecule has 0 aromatic rings. The van der Waals surface area contributed by atoms with Crippen LogP contribution in [0.25, 0.3) is 0 Å². The van der Waals surface area contributed by atoms with Gasteiger partial charge in [-0.2, -0.15) is 0 Å². The summed E-state index contributed by atoms with van der Waals surface area (Å²) in [7, 11) is 1.31. The molecule has 1 aliphatic rings. The fraction of sp³-hybridized carbons (Fsp3) is 0.846. The minimum Gasteiger partial charge on any atom is -0.471 e. The van der Waals surface area contributed by atoms with Crippen molar-refractivity contribution in [1.82, 2.24) is 10.6 Å². The van der Waals surface area contributed by atoms with E-state index in [1.54, 1.807) is 0 Å². The van der Waals surface area contributed by atoms with Crippen LogP contribution in [0.5, 0.6) is 0 Å². The Kier molecular flexibility index (Phi) is 8.95. The molecule has 1 saturated heterocycles. The molecule has 1 unspecified atom stereocenters. The summed E-state index contributed by atoms with van der Waals surface area (Å²) in [5.74, 6) is 0.547. The van der Waals surface area contributed by atoms with Gasteiger partial charge >= 0.3 is 6.09 Å². The van der Waals surface area contributed by atoms with Gasteiger partial charge < -0.3 is 20.1 Å². The third-order valence-electron chi connectivity index (χ3n) is 2.43. The maximum atomic E-state index is 11.3. The second-order valence-electron chi connectivity index (χ2n) is 5.43. The number of rotatable bonds is 3. The lowest BCUT2D eigenvalue weighted by atomic mass is 10.00. The van der Waals surface area contributed by atoms with E-state index in [1.165, 1.54) is 20.0 Å². The summed E-state index contributed by atoms with van der Waals surface area (Å²) in [6.45, 7) is 8.79. The summed E-state index contributed by atoms with van der Waals surface area (Å²) in [6, 6.07) is 0. The van der Waals surface area contributed by atoms with Gasteiger partial charge in [-0.25, -0.2) is 4.79 Å². The molecule has 0 saturated carbocycles. The van der Waals surface area contributed by atoms with Crippen LogP contribution >= 0.6 is 0 Å². The molecule has 0 radical (unpaired) electrons. The van der Waals surface area contributed by atoms with Crippen LogP contribution in [0.4, 0.5) is 4.79 Å². The van der Waals surface area contributed by atoms with Crippen LogP contribution in [0.1, 0.15) is 33.6 Å². The summed E-state index contributed by atoms with van der Waals surface area (Å²) >= 11 is 0. The molecule has 0 bridgehead atoms. The lowest BCUT2D eigenvalue weighted by Gasteiger charge is -2.24. The summed E-state index contributed by atoms with van der Waals surface area (Å²) in [6.07, 6.45) is 2.07. The van der Waals surface area contributed by atoms with Crippen LogP contribution in [-0.2, 0) is 14.3 Å². The maximum Gasteiger partial charge on any atom is 0.407 e. The van der Waals surface area contributed by atoms with E-state index in [0.717, 1.165) is 13.1 Å². The van der Waals surface area contributed by atoms with E-state index < -0.39 is 5.60 Å². The number of carbonyl (C=O) groups is 2. The van der Waals surface area contributed by atoms with Crippen molar-refractivity contribution in [3.05, 3.63) is 0 Å². The van der Waals surface area contributed by atoms with Crippen LogP contribution in [0.2, 0.25) is 0 Å². The molecule has 1 amide bonds. The van der Waals surface area contributed by atoms with Gasteiger partial charge in [-0.05, 0) is 52.6 Å². The first kappa shape index (κ1) is 17.7. The molecule has 0 spiro atoms. The van der Waals surface area contributed by atoms with Gasteiger partial charge in [0.05, 0.1) is 7.11 Å². The predicted octanol–water partition coefficient (Wildman–Crippen LogP) is 1.30. The van der Waals surface area contributed by atoms with Crippen molar-refractivity contribution in [2.24, 2.45) is 5.92 Å². The van der Waals surface area contributed by atoms with Crippen molar-refractivity contribution in [1.29, 1.82) is 0 Å². The fourth-order valence-electron chi connectivity index (χ4n) is 1.64. The van der Waals surface area contributed by atoms with E-state index in [0.29, 0.717) is 18.9 Å². The Balaban J connectivity index is 0.000000711. The predicted molar refractivity (Wildman–Crippen MR) is 72.9 cm³/mol. The zero-order valence-electron chi connectivity index (χ0n) is 12.3. The molecule has 0 aromatic heterocycles. The minimum atomic E-state index is -0.408. The van der Waals surface area contributed by atoms with E-state index in [9.17, 15) is 4.79 Å². The van der Waals surface area contributed by atoms with Crippen LogP contribution in [0.3, 0.4) is 0 Å². The Morgan fingerprint density at radius 1 is 1.47 bits per heavy atom. The molecule has 1 aliphatic heterocycles. The van der Waals surface area contributed by atoms with E-state index in [-0.39, 0.29) is 6.09 Å². The number of hydrogen-bond acceptors (Lipinski definition) is 5. The molecule has 6 heteroatoms. The Hall–Kier alpha value is -1.30. The number of alkyl carbamates (subject to hydrolysis) is 1. The highest BCUT2D eigenvalue weighted by Gasteiger charge is 2.18. The highest BCUT2D eigenvalue weighted by molar-refractivity contribution is 5.67. The smallest absolute Gasteiger partial charge is 0.407 e. The zero-order chi connectivity index (χ0) is 14.7. The third-order valence-corrected chi connectivity index (χ3v) is 2.43. The first-order valence-electron chi connectivity index (χ1n) is 6.53. The Bertz CT molecular complexity index is 258. The standard InChI is InChI=1S/C11H22N2O2.C2H4O2/c1-11(2,3)15-10(14)13-8-9-5-4-6-12-7-9;1-4-2-3/h9,12H,4-8H2,1-3H3,(H,13,14);2H,1H3. The monoisotopic (exact) mass is 274 g/mol. The van der Waals surface area contributed by atoms with Crippen molar-refractivity contribution in [2.45, 2.75) is 39.2 Å². The van der Waals surface area contributed by atoms with Crippen molar-refractivity contribution in [2.75, 3.05) is 26.7 Å². The molecule has 19 heavy (non-hydrogen) atoms. The Labute approximate surface area is 115 Å². The molecule has 1 fully saturated rings. The van der Waals surface area contributed by atoms with Gasteiger partial charge in [0.15, 0.2) is 0 Å². The molecule has 0 aliphatic carbocycles. The topological polar surface area (TPSA) is 76.7 Å². The fourth-order valence-corrected chi connectivity index (χ4v) is 1.64. The Morgan fingerprint density at radius 3 is 2.53 bits per heavy atom. The molecule has 2 N–H and O–H groups in total. The van der Waals surface area contributed by atoms with E-state index >= 15 is 0 Å². The molecule has 1 heterocycles. The average molecular weight is 274 g/mol. The second kappa shape index (κ2) is 9.61. The van der Waals surface area contributed by atoms with E-state index in [1.807, 2.05) is 20.8 Å². The highest BCUT2D eigenvalue weighted by Crippen LogP contribution is 2.09.